The Labute approximate surface area is 126 Å². The zero-order valence-electron chi connectivity index (χ0n) is 11.4. The third kappa shape index (κ3) is 3.58. The van der Waals surface area contributed by atoms with E-state index in [1.807, 2.05) is 0 Å². The number of carbonyl (C=O) groups is 2. The van der Waals surface area contributed by atoms with Gasteiger partial charge in [0.25, 0.3) is 5.91 Å². The molecule has 0 atom stereocenters. The quantitative estimate of drug-likeness (QED) is 0.644. The molecular formula is C15H12N4O3. The van der Waals surface area contributed by atoms with Gasteiger partial charge in [-0.05, 0) is 30.3 Å². The van der Waals surface area contributed by atoms with Crippen LogP contribution in [-0.4, -0.2) is 27.8 Å². The van der Waals surface area contributed by atoms with Crippen molar-refractivity contribution in [3.8, 4) is 11.8 Å². The van der Waals surface area contributed by atoms with E-state index in [2.05, 4.69) is 10.5 Å². The zero-order valence-corrected chi connectivity index (χ0v) is 11.4. The fraction of sp³-hybridized carbons (Fsp3) is 0.0667. The highest BCUT2D eigenvalue weighted by Gasteiger charge is 2.06. The summed E-state index contributed by atoms with van der Waals surface area (Å²) in [5, 5.41) is 21.2. The Morgan fingerprint density at radius 3 is 2.91 bits per heavy atom. The summed E-state index contributed by atoms with van der Waals surface area (Å²) in [6, 6.07) is 11.7. The van der Waals surface area contributed by atoms with E-state index in [1.165, 1.54) is 18.3 Å². The van der Waals surface area contributed by atoms with Crippen molar-refractivity contribution in [1.29, 1.82) is 5.26 Å². The van der Waals surface area contributed by atoms with Crippen LogP contribution in [0.25, 0.3) is 5.69 Å². The van der Waals surface area contributed by atoms with Crippen LogP contribution in [0.3, 0.4) is 0 Å². The van der Waals surface area contributed by atoms with Gasteiger partial charge in [-0.2, -0.15) is 10.4 Å². The highest BCUT2D eigenvalue weighted by Crippen LogP contribution is 2.13. The van der Waals surface area contributed by atoms with Gasteiger partial charge in [0.05, 0.1) is 23.5 Å². The number of nitrogens with zero attached hydrogens (tertiary/aromatic N) is 3. The first kappa shape index (κ1) is 15.0. The minimum atomic E-state index is -1.01. The van der Waals surface area contributed by atoms with Gasteiger partial charge in [0.1, 0.15) is 6.42 Å². The lowest BCUT2D eigenvalue weighted by Crippen LogP contribution is -2.16. The molecule has 1 aromatic carbocycles. The summed E-state index contributed by atoms with van der Waals surface area (Å²) in [6.45, 7) is 0. The van der Waals surface area contributed by atoms with Crippen LogP contribution in [0.5, 0.6) is 0 Å². The van der Waals surface area contributed by atoms with Crippen LogP contribution in [0.1, 0.15) is 22.5 Å². The number of aromatic nitrogens is 1. The summed E-state index contributed by atoms with van der Waals surface area (Å²) in [6.07, 6.45) is 2.90. The monoisotopic (exact) mass is 296 g/mol. The van der Waals surface area contributed by atoms with Crippen molar-refractivity contribution in [2.45, 2.75) is 6.42 Å². The van der Waals surface area contributed by atoms with E-state index < -0.39 is 11.9 Å². The van der Waals surface area contributed by atoms with Crippen molar-refractivity contribution in [2.24, 2.45) is 5.10 Å². The molecule has 0 saturated carbocycles. The Balaban J connectivity index is 2.21. The summed E-state index contributed by atoms with van der Waals surface area (Å²) in [5.41, 5.74) is 3.72. The fourth-order valence-electron chi connectivity index (χ4n) is 1.80. The topological polar surface area (TPSA) is 107 Å². The molecule has 0 spiro atoms. The van der Waals surface area contributed by atoms with Crippen LogP contribution in [0, 0.1) is 11.3 Å². The van der Waals surface area contributed by atoms with Crippen LogP contribution in [0.4, 0.5) is 0 Å². The lowest BCUT2D eigenvalue weighted by molar-refractivity contribution is -0.120. The van der Waals surface area contributed by atoms with Crippen molar-refractivity contribution < 1.29 is 14.7 Å². The number of carboxylic acid groups (broad SMARTS) is 1. The second-order valence-electron chi connectivity index (χ2n) is 4.29. The Bertz CT molecular complexity index is 771. The lowest BCUT2D eigenvalue weighted by atomic mass is 10.2. The van der Waals surface area contributed by atoms with E-state index in [1.54, 1.807) is 41.1 Å². The Morgan fingerprint density at radius 1 is 1.36 bits per heavy atom. The molecule has 1 aromatic heterocycles. The normalized spacial score (nSPS) is 10.3. The van der Waals surface area contributed by atoms with Crippen LogP contribution in [0.2, 0.25) is 0 Å². The molecule has 0 aliphatic rings. The molecule has 2 rings (SSSR count). The summed E-state index contributed by atoms with van der Waals surface area (Å²) >= 11 is 0. The van der Waals surface area contributed by atoms with Crippen molar-refractivity contribution >= 4 is 18.1 Å². The average Bonchev–Trinajstić information content (AvgIpc) is 2.96. The molecule has 0 unspecified atom stereocenters. The molecule has 2 aromatic rings. The van der Waals surface area contributed by atoms with Gasteiger partial charge in [-0.1, -0.05) is 6.07 Å². The van der Waals surface area contributed by atoms with Gasteiger partial charge in [0.15, 0.2) is 0 Å². The number of benzene rings is 1. The second-order valence-corrected chi connectivity index (χ2v) is 4.29. The van der Waals surface area contributed by atoms with Crippen molar-refractivity contribution in [2.75, 3.05) is 0 Å². The molecule has 1 heterocycles. The standard InChI is InChI=1S/C15H12N4O3/c16-7-6-14(20)18-17-10-13-5-2-8-19(13)12-4-1-3-11(9-12)15(21)22/h1-5,8-10H,6H2,(H,18,20)(H,21,22)/b17-10-. The smallest absolute Gasteiger partial charge is 0.335 e. The SMILES string of the molecule is N#CCC(=O)N/N=C\c1cccn1-c1cccc(C(=O)O)c1. The van der Waals surface area contributed by atoms with E-state index >= 15 is 0 Å². The minimum Gasteiger partial charge on any atom is -0.478 e. The van der Waals surface area contributed by atoms with Crippen LogP contribution in [-0.2, 0) is 4.79 Å². The molecule has 0 radical (unpaired) electrons. The molecule has 0 fully saturated rings. The third-order valence-corrected chi connectivity index (χ3v) is 2.78. The number of aromatic carboxylic acids is 1. The van der Waals surface area contributed by atoms with Crippen LogP contribution >= 0.6 is 0 Å². The number of carbonyl (C=O) groups excluding carboxylic acids is 1. The first-order valence-corrected chi connectivity index (χ1v) is 6.32. The minimum absolute atomic E-state index is 0.177. The Morgan fingerprint density at radius 2 is 2.18 bits per heavy atom. The van der Waals surface area contributed by atoms with E-state index in [0.29, 0.717) is 11.4 Å². The van der Waals surface area contributed by atoms with Gasteiger partial charge < -0.3 is 9.67 Å². The van der Waals surface area contributed by atoms with E-state index in [9.17, 15) is 9.59 Å². The number of nitrogens with one attached hydrogen (secondary N) is 1. The number of hydrazone groups is 1. The second kappa shape index (κ2) is 6.85. The maximum atomic E-state index is 11.1. The predicted molar refractivity (Wildman–Crippen MR) is 78.7 cm³/mol. The number of rotatable bonds is 5. The molecule has 2 N–H and O–H groups in total. The summed E-state index contributed by atoms with van der Waals surface area (Å²) in [4.78, 5) is 22.1. The van der Waals surface area contributed by atoms with E-state index in [-0.39, 0.29) is 12.0 Å². The molecule has 7 heteroatoms. The molecular weight excluding hydrogens is 284 g/mol. The summed E-state index contributed by atoms with van der Waals surface area (Å²) in [7, 11) is 0. The molecule has 1 amide bonds. The first-order chi connectivity index (χ1) is 10.6. The maximum Gasteiger partial charge on any atom is 0.335 e. The van der Waals surface area contributed by atoms with Gasteiger partial charge in [-0.25, -0.2) is 10.2 Å². The molecule has 7 nitrogen and oxygen atoms in total. The van der Waals surface area contributed by atoms with Gasteiger partial charge in [-0.3, -0.25) is 4.79 Å². The van der Waals surface area contributed by atoms with Crippen molar-refractivity contribution in [3.05, 3.63) is 53.9 Å². The van der Waals surface area contributed by atoms with Crippen LogP contribution in [0.15, 0.2) is 47.7 Å². The van der Waals surface area contributed by atoms with Gasteiger partial charge >= 0.3 is 5.97 Å². The van der Waals surface area contributed by atoms with Crippen molar-refractivity contribution in [3.63, 3.8) is 0 Å². The number of amides is 1. The number of hydrogen-bond donors (Lipinski definition) is 2. The molecule has 0 bridgehead atoms. The van der Waals surface area contributed by atoms with E-state index in [4.69, 9.17) is 10.4 Å². The number of nitriles is 1. The Kier molecular flexibility index (Phi) is 4.67. The zero-order chi connectivity index (χ0) is 15.9. The number of carboxylic acids is 1. The lowest BCUT2D eigenvalue weighted by Gasteiger charge is -2.07. The van der Waals surface area contributed by atoms with Gasteiger partial charge in [0.2, 0.25) is 0 Å². The fourth-order valence-corrected chi connectivity index (χ4v) is 1.80. The molecule has 0 aliphatic carbocycles. The predicted octanol–water partition coefficient (Wildman–Crippen LogP) is 1.54. The highest BCUT2D eigenvalue weighted by atomic mass is 16.4. The molecule has 0 saturated heterocycles. The van der Waals surface area contributed by atoms with Gasteiger partial charge in [0, 0.05) is 11.9 Å². The van der Waals surface area contributed by atoms with Crippen LogP contribution < -0.4 is 5.43 Å². The largest absolute Gasteiger partial charge is 0.478 e. The van der Waals surface area contributed by atoms with Crippen molar-refractivity contribution in [1.82, 2.24) is 9.99 Å². The van der Waals surface area contributed by atoms with E-state index in [0.717, 1.165) is 0 Å². The summed E-state index contributed by atoms with van der Waals surface area (Å²) in [5.74, 6) is -1.50. The highest BCUT2D eigenvalue weighted by molar-refractivity contribution is 5.88. The Hall–Kier alpha value is -3.40. The first-order valence-electron chi connectivity index (χ1n) is 6.32. The number of hydrogen-bond acceptors (Lipinski definition) is 4. The van der Waals surface area contributed by atoms with Gasteiger partial charge in [-0.15, -0.1) is 0 Å². The maximum absolute atomic E-state index is 11.1. The molecule has 110 valence electrons. The molecule has 22 heavy (non-hydrogen) atoms. The third-order valence-electron chi connectivity index (χ3n) is 2.78. The molecule has 0 aliphatic heterocycles. The summed E-state index contributed by atoms with van der Waals surface area (Å²) < 4.78 is 1.73. The average molecular weight is 296 g/mol.